The van der Waals surface area contributed by atoms with E-state index < -0.39 is 6.29 Å². The van der Waals surface area contributed by atoms with E-state index in [2.05, 4.69) is 15.9 Å². The molecule has 16 heavy (non-hydrogen) atoms. The van der Waals surface area contributed by atoms with Gasteiger partial charge in [-0.1, -0.05) is 22.0 Å². The van der Waals surface area contributed by atoms with Gasteiger partial charge in [-0.05, 0) is 17.7 Å². The van der Waals surface area contributed by atoms with Crippen LogP contribution in [0.2, 0.25) is 0 Å². The van der Waals surface area contributed by atoms with Crippen molar-refractivity contribution < 1.29 is 18.7 Å². The van der Waals surface area contributed by atoms with Gasteiger partial charge in [0.15, 0.2) is 5.78 Å². The Morgan fingerprint density at radius 2 is 2.06 bits per heavy atom. The first-order valence-corrected chi connectivity index (χ1v) is 5.40. The quantitative estimate of drug-likeness (QED) is 0.781. The number of carbonyl (C=O) groups is 1. The van der Waals surface area contributed by atoms with Crippen molar-refractivity contribution >= 4 is 21.7 Å². The van der Waals surface area contributed by atoms with E-state index >= 15 is 0 Å². The highest BCUT2D eigenvalue weighted by Gasteiger charge is 2.18. The van der Waals surface area contributed by atoms with Gasteiger partial charge in [0.1, 0.15) is 5.82 Å². The molecule has 5 heteroatoms. The summed E-state index contributed by atoms with van der Waals surface area (Å²) in [6.45, 7) is 0. The molecule has 0 radical (unpaired) electrons. The van der Waals surface area contributed by atoms with E-state index in [1.54, 1.807) is 6.07 Å². The maximum Gasteiger partial charge on any atom is 0.217 e. The van der Waals surface area contributed by atoms with Crippen molar-refractivity contribution in [1.29, 1.82) is 0 Å². The third-order valence-electron chi connectivity index (χ3n) is 2.07. The molecule has 0 fully saturated rings. The summed E-state index contributed by atoms with van der Waals surface area (Å²) in [4.78, 5) is 11.6. The van der Waals surface area contributed by atoms with Crippen molar-refractivity contribution in [1.82, 2.24) is 0 Å². The minimum Gasteiger partial charge on any atom is -0.349 e. The van der Waals surface area contributed by atoms with Crippen LogP contribution in [0.15, 0.2) is 22.7 Å². The number of ether oxygens (including phenoxy) is 2. The average molecular weight is 291 g/mol. The zero-order valence-electron chi connectivity index (χ0n) is 9.00. The molecule has 88 valence electrons. The number of carbonyl (C=O) groups excluding carboxylic acids is 1. The number of halogens is 2. The lowest BCUT2D eigenvalue weighted by molar-refractivity contribution is -0.155. The van der Waals surface area contributed by atoms with Crippen LogP contribution in [0.4, 0.5) is 4.39 Å². The Balaban J connectivity index is 2.76. The maximum absolute atomic E-state index is 12.8. The molecule has 0 aliphatic carbocycles. The molecular weight excluding hydrogens is 279 g/mol. The minimum absolute atomic E-state index is 0.132. The molecule has 0 N–H and O–H groups in total. The van der Waals surface area contributed by atoms with Gasteiger partial charge in [-0.2, -0.15) is 0 Å². The van der Waals surface area contributed by atoms with Crippen LogP contribution in [0.1, 0.15) is 5.56 Å². The van der Waals surface area contributed by atoms with E-state index in [0.29, 0.717) is 10.0 Å². The van der Waals surface area contributed by atoms with Crippen LogP contribution < -0.4 is 0 Å². The molecule has 1 rings (SSSR count). The highest BCUT2D eigenvalue weighted by molar-refractivity contribution is 9.10. The Morgan fingerprint density at radius 3 is 2.56 bits per heavy atom. The molecule has 0 aliphatic rings. The zero-order valence-corrected chi connectivity index (χ0v) is 10.6. The van der Waals surface area contributed by atoms with Crippen molar-refractivity contribution in [3.05, 3.63) is 34.1 Å². The highest BCUT2D eigenvalue weighted by Crippen LogP contribution is 2.19. The van der Waals surface area contributed by atoms with E-state index in [1.165, 1.54) is 26.4 Å². The summed E-state index contributed by atoms with van der Waals surface area (Å²) in [6.07, 6.45) is -0.746. The summed E-state index contributed by atoms with van der Waals surface area (Å²) in [5, 5.41) is 0. The highest BCUT2D eigenvalue weighted by atomic mass is 79.9. The first kappa shape index (κ1) is 13.3. The van der Waals surface area contributed by atoms with E-state index in [0.717, 1.165) is 0 Å². The predicted octanol–water partition coefficient (Wildman–Crippen LogP) is 2.32. The van der Waals surface area contributed by atoms with Crippen LogP contribution in [-0.2, 0) is 20.7 Å². The van der Waals surface area contributed by atoms with E-state index in [-0.39, 0.29) is 18.0 Å². The van der Waals surface area contributed by atoms with Crippen LogP contribution >= 0.6 is 15.9 Å². The van der Waals surface area contributed by atoms with Gasteiger partial charge in [-0.25, -0.2) is 4.39 Å². The summed E-state index contributed by atoms with van der Waals surface area (Å²) in [7, 11) is 2.79. The van der Waals surface area contributed by atoms with Gasteiger partial charge in [0.25, 0.3) is 0 Å². The standard InChI is InChI=1S/C11H12BrFO3/c1-15-11(16-2)10(14)5-7-3-4-8(13)6-9(7)12/h3-4,6,11H,5H2,1-2H3. The molecule has 0 aromatic heterocycles. The van der Waals surface area contributed by atoms with Crippen molar-refractivity contribution in [2.45, 2.75) is 12.7 Å². The van der Waals surface area contributed by atoms with Crippen LogP contribution in [0.5, 0.6) is 0 Å². The van der Waals surface area contributed by atoms with Gasteiger partial charge >= 0.3 is 0 Å². The number of hydrogen-bond donors (Lipinski definition) is 0. The fraction of sp³-hybridized carbons (Fsp3) is 0.364. The monoisotopic (exact) mass is 290 g/mol. The maximum atomic E-state index is 12.8. The average Bonchev–Trinajstić information content (AvgIpc) is 2.24. The third-order valence-corrected chi connectivity index (χ3v) is 2.81. The smallest absolute Gasteiger partial charge is 0.217 e. The summed E-state index contributed by atoms with van der Waals surface area (Å²) in [5.41, 5.74) is 0.700. The molecule has 0 saturated carbocycles. The van der Waals surface area contributed by atoms with Crippen LogP contribution in [-0.4, -0.2) is 26.3 Å². The topological polar surface area (TPSA) is 35.5 Å². The number of ketones is 1. The lowest BCUT2D eigenvalue weighted by Gasteiger charge is -2.12. The lowest BCUT2D eigenvalue weighted by Crippen LogP contribution is -2.26. The predicted molar refractivity (Wildman–Crippen MR) is 60.6 cm³/mol. The van der Waals surface area contributed by atoms with Gasteiger partial charge in [-0.3, -0.25) is 4.79 Å². The Labute approximate surface area is 102 Å². The first-order valence-electron chi connectivity index (χ1n) is 4.60. The second-order valence-corrected chi connectivity index (χ2v) is 4.04. The molecule has 0 amide bonds. The minimum atomic E-state index is -0.878. The molecule has 0 heterocycles. The Hall–Kier alpha value is -0.780. The molecule has 3 nitrogen and oxygen atoms in total. The third kappa shape index (κ3) is 3.37. The molecule has 0 bridgehead atoms. The number of hydrogen-bond acceptors (Lipinski definition) is 3. The second kappa shape index (κ2) is 6.08. The SMILES string of the molecule is COC(OC)C(=O)Cc1ccc(F)cc1Br. The Bertz CT molecular complexity index is 377. The Kier molecular flexibility index (Phi) is 5.05. The molecule has 0 saturated heterocycles. The summed E-state index contributed by atoms with van der Waals surface area (Å²) in [6, 6.07) is 4.18. The van der Waals surface area contributed by atoms with Crippen LogP contribution in [0, 0.1) is 5.82 Å². The number of methoxy groups -OCH3 is 2. The molecule has 0 aliphatic heterocycles. The summed E-state index contributed by atoms with van der Waals surface area (Å²) in [5.74, 6) is -0.560. The van der Waals surface area contributed by atoms with Crippen molar-refractivity contribution in [2.24, 2.45) is 0 Å². The van der Waals surface area contributed by atoms with E-state index in [1.807, 2.05) is 0 Å². The van der Waals surface area contributed by atoms with Crippen molar-refractivity contribution in [3.8, 4) is 0 Å². The van der Waals surface area contributed by atoms with Crippen LogP contribution in [0.3, 0.4) is 0 Å². The largest absolute Gasteiger partial charge is 0.349 e. The zero-order chi connectivity index (χ0) is 12.1. The van der Waals surface area contributed by atoms with Gasteiger partial charge in [0, 0.05) is 25.1 Å². The normalized spacial score (nSPS) is 10.8. The number of benzene rings is 1. The number of rotatable bonds is 5. The van der Waals surface area contributed by atoms with Gasteiger partial charge in [0.05, 0.1) is 0 Å². The van der Waals surface area contributed by atoms with E-state index in [4.69, 9.17) is 9.47 Å². The van der Waals surface area contributed by atoms with Gasteiger partial charge < -0.3 is 9.47 Å². The lowest BCUT2D eigenvalue weighted by atomic mass is 10.1. The fourth-order valence-corrected chi connectivity index (χ4v) is 1.79. The molecule has 0 unspecified atom stereocenters. The van der Waals surface area contributed by atoms with Gasteiger partial charge in [-0.15, -0.1) is 0 Å². The Morgan fingerprint density at radius 1 is 1.44 bits per heavy atom. The molecular formula is C11H12BrFO3. The first-order chi connectivity index (χ1) is 7.58. The summed E-state index contributed by atoms with van der Waals surface area (Å²) < 4.78 is 23.0. The second-order valence-electron chi connectivity index (χ2n) is 3.18. The fourth-order valence-electron chi connectivity index (χ4n) is 1.30. The summed E-state index contributed by atoms with van der Waals surface area (Å²) >= 11 is 3.19. The van der Waals surface area contributed by atoms with Crippen molar-refractivity contribution in [3.63, 3.8) is 0 Å². The molecule has 1 aromatic carbocycles. The van der Waals surface area contributed by atoms with Crippen LogP contribution in [0.25, 0.3) is 0 Å². The molecule has 0 atom stereocenters. The molecule has 0 spiro atoms. The molecule has 1 aromatic rings. The number of Topliss-reactive ketones (excluding diaryl/α,β-unsaturated/α-hetero) is 1. The van der Waals surface area contributed by atoms with Gasteiger partial charge in [0.2, 0.25) is 6.29 Å². The van der Waals surface area contributed by atoms with E-state index in [9.17, 15) is 9.18 Å². The van der Waals surface area contributed by atoms with Crippen molar-refractivity contribution in [2.75, 3.05) is 14.2 Å².